The summed E-state index contributed by atoms with van der Waals surface area (Å²) in [5.41, 5.74) is 8.49. The maximum atomic E-state index is 5.08. The van der Waals surface area contributed by atoms with Gasteiger partial charge in [-0.1, -0.05) is 121 Å². The van der Waals surface area contributed by atoms with E-state index in [1.165, 1.54) is 52.8 Å². The summed E-state index contributed by atoms with van der Waals surface area (Å²) in [4.78, 5) is 10.2. The van der Waals surface area contributed by atoms with Crippen LogP contribution in [0.5, 0.6) is 0 Å². The van der Waals surface area contributed by atoms with Crippen molar-refractivity contribution in [2.24, 2.45) is 0 Å². The number of nitrogens with zero attached hydrogens (tertiary/aromatic N) is 3. The van der Waals surface area contributed by atoms with Gasteiger partial charge in [-0.25, -0.2) is 9.97 Å². The third-order valence-corrected chi connectivity index (χ3v) is 10.6. The number of aromatic nitrogens is 3. The zero-order valence-corrected chi connectivity index (χ0v) is 26.7. The first-order valence-electron chi connectivity index (χ1n) is 16.2. The van der Waals surface area contributed by atoms with Crippen molar-refractivity contribution in [3.8, 4) is 39.6 Å². The highest BCUT2D eigenvalue weighted by atomic mass is 32.1. The van der Waals surface area contributed by atoms with E-state index in [-0.39, 0.29) is 0 Å². The number of para-hydroxylation sites is 1. The largest absolute Gasteiger partial charge is 0.309 e. The smallest absolute Gasteiger partial charge is 0.160 e. The van der Waals surface area contributed by atoms with Crippen molar-refractivity contribution >= 4 is 64.1 Å². The van der Waals surface area contributed by atoms with Crippen molar-refractivity contribution in [3.05, 3.63) is 164 Å². The van der Waals surface area contributed by atoms with E-state index >= 15 is 0 Å². The molecule has 0 fully saturated rings. The molecule has 48 heavy (non-hydrogen) atoms. The molecule has 3 heterocycles. The van der Waals surface area contributed by atoms with Gasteiger partial charge in [0.05, 0.1) is 22.4 Å². The first-order valence-corrected chi connectivity index (χ1v) is 17.0. The number of benzene rings is 7. The van der Waals surface area contributed by atoms with Gasteiger partial charge in [0.15, 0.2) is 5.82 Å². The summed E-state index contributed by atoms with van der Waals surface area (Å²) < 4.78 is 5.10. The molecule has 3 nitrogen and oxygen atoms in total. The Morgan fingerprint density at radius 2 is 1.00 bits per heavy atom. The second kappa shape index (κ2) is 10.7. The molecule has 10 rings (SSSR count). The SMILES string of the molecule is c1ccc(-c2cc(-c3ccccc3)nc(-c3ccc(-n4c5ccccc5c5c6ccccc6c6sc7ccccc7c6c54)cc3)n2)cc1. The molecule has 0 aliphatic heterocycles. The van der Waals surface area contributed by atoms with Gasteiger partial charge in [0.1, 0.15) is 0 Å². The molecule has 0 saturated heterocycles. The first-order chi connectivity index (χ1) is 23.8. The predicted octanol–water partition coefficient (Wildman–Crippen LogP) is 12.1. The maximum Gasteiger partial charge on any atom is 0.160 e. The minimum absolute atomic E-state index is 0.709. The number of rotatable bonds is 4. The molecule has 0 unspecified atom stereocenters. The summed E-state index contributed by atoms with van der Waals surface area (Å²) in [7, 11) is 0. The summed E-state index contributed by atoms with van der Waals surface area (Å²) in [5.74, 6) is 0.709. The highest BCUT2D eigenvalue weighted by Crippen LogP contribution is 2.47. The molecule has 3 aromatic heterocycles. The molecule has 7 aromatic carbocycles. The maximum absolute atomic E-state index is 5.08. The highest BCUT2D eigenvalue weighted by molar-refractivity contribution is 7.27. The Bertz CT molecular complexity index is 2760. The molecular formula is C44H27N3S. The van der Waals surface area contributed by atoms with Crippen LogP contribution < -0.4 is 0 Å². The standard InChI is InChI=1S/C44H27N3S/c1-3-13-28(14-4-1)36-27-37(29-15-5-2-6-16-29)46-44(45-36)30-23-25-31(26-24-30)47-38-21-11-9-19-34(38)40-32-17-7-8-18-33(32)43-41(42(40)47)35-20-10-12-22-39(35)48-43/h1-27H. The van der Waals surface area contributed by atoms with Crippen LogP contribution in [0.1, 0.15) is 0 Å². The van der Waals surface area contributed by atoms with Crippen LogP contribution in [0.25, 0.3) is 92.3 Å². The first kappa shape index (κ1) is 27.1. The highest BCUT2D eigenvalue weighted by Gasteiger charge is 2.21. The lowest BCUT2D eigenvalue weighted by Crippen LogP contribution is -1.97. The van der Waals surface area contributed by atoms with E-state index in [1.807, 2.05) is 23.5 Å². The molecule has 0 bridgehead atoms. The predicted molar refractivity (Wildman–Crippen MR) is 203 cm³/mol. The van der Waals surface area contributed by atoms with Crippen molar-refractivity contribution in [2.45, 2.75) is 0 Å². The lowest BCUT2D eigenvalue weighted by molar-refractivity contribution is 1.17. The van der Waals surface area contributed by atoms with Crippen LogP contribution in [-0.2, 0) is 0 Å². The quantitative estimate of drug-likeness (QED) is 0.194. The molecule has 10 aromatic rings. The van der Waals surface area contributed by atoms with Gasteiger partial charge in [-0.3, -0.25) is 0 Å². The van der Waals surface area contributed by atoms with Gasteiger partial charge < -0.3 is 4.57 Å². The van der Waals surface area contributed by atoms with Crippen molar-refractivity contribution < 1.29 is 0 Å². The van der Waals surface area contributed by atoms with Crippen LogP contribution >= 0.6 is 11.3 Å². The van der Waals surface area contributed by atoms with Gasteiger partial charge in [0, 0.05) is 58.7 Å². The van der Waals surface area contributed by atoms with E-state index in [9.17, 15) is 0 Å². The topological polar surface area (TPSA) is 30.7 Å². The Hall–Kier alpha value is -6.10. The summed E-state index contributed by atoms with van der Waals surface area (Å²) in [6.07, 6.45) is 0. The Morgan fingerprint density at radius 3 is 1.69 bits per heavy atom. The fourth-order valence-electron chi connectivity index (χ4n) is 7.24. The molecule has 0 aliphatic carbocycles. The van der Waals surface area contributed by atoms with Gasteiger partial charge in [-0.2, -0.15) is 0 Å². The number of hydrogen-bond donors (Lipinski definition) is 0. The fraction of sp³-hybridized carbons (Fsp3) is 0. The van der Waals surface area contributed by atoms with Gasteiger partial charge >= 0.3 is 0 Å². The van der Waals surface area contributed by atoms with Gasteiger partial charge in [0.2, 0.25) is 0 Å². The molecule has 0 radical (unpaired) electrons. The zero-order chi connectivity index (χ0) is 31.6. The summed E-state index contributed by atoms with van der Waals surface area (Å²) in [6, 6.07) is 58.1. The summed E-state index contributed by atoms with van der Waals surface area (Å²) in [5, 5.41) is 7.77. The van der Waals surface area contributed by atoms with E-state index in [0.29, 0.717) is 5.82 Å². The average Bonchev–Trinajstić information content (AvgIpc) is 3.72. The third-order valence-electron chi connectivity index (χ3n) is 9.40. The molecule has 0 spiro atoms. The van der Waals surface area contributed by atoms with Crippen LogP contribution in [0.4, 0.5) is 0 Å². The summed E-state index contributed by atoms with van der Waals surface area (Å²) >= 11 is 1.89. The van der Waals surface area contributed by atoms with E-state index in [0.717, 1.165) is 33.8 Å². The van der Waals surface area contributed by atoms with Crippen molar-refractivity contribution in [3.63, 3.8) is 0 Å². The van der Waals surface area contributed by atoms with Crippen LogP contribution in [0.15, 0.2) is 164 Å². The molecule has 0 aliphatic rings. The number of thiophene rings is 1. The molecule has 224 valence electrons. The van der Waals surface area contributed by atoms with E-state index in [1.54, 1.807) is 0 Å². The van der Waals surface area contributed by atoms with Crippen molar-refractivity contribution in [2.75, 3.05) is 0 Å². The average molecular weight is 630 g/mol. The summed E-state index contributed by atoms with van der Waals surface area (Å²) in [6.45, 7) is 0. The number of fused-ring (bicyclic) bond motifs is 10. The van der Waals surface area contributed by atoms with E-state index < -0.39 is 0 Å². The van der Waals surface area contributed by atoms with Crippen LogP contribution in [0, 0.1) is 0 Å². The normalized spacial score (nSPS) is 11.8. The lowest BCUT2D eigenvalue weighted by atomic mass is 10.00. The third kappa shape index (κ3) is 4.13. The van der Waals surface area contributed by atoms with Gasteiger partial charge in [-0.05, 0) is 47.9 Å². The Balaban J connectivity index is 1.22. The second-order valence-electron chi connectivity index (χ2n) is 12.2. The van der Waals surface area contributed by atoms with Crippen molar-refractivity contribution in [1.29, 1.82) is 0 Å². The molecular weight excluding hydrogens is 603 g/mol. The van der Waals surface area contributed by atoms with E-state index in [4.69, 9.17) is 9.97 Å². The minimum Gasteiger partial charge on any atom is -0.309 e. The number of hydrogen-bond acceptors (Lipinski definition) is 3. The molecule has 0 saturated carbocycles. The second-order valence-corrected chi connectivity index (χ2v) is 13.2. The van der Waals surface area contributed by atoms with Gasteiger partial charge in [-0.15, -0.1) is 11.3 Å². The van der Waals surface area contributed by atoms with Gasteiger partial charge in [0.25, 0.3) is 0 Å². The minimum atomic E-state index is 0.709. The molecule has 4 heteroatoms. The Kier molecular flexibility index (Phi) is 6.05. The zero-order valence-electron chi connectivity index (χ0n) is 25.8. The Morgan fingerprint density at radius 1 is 0.438 bits per heavy atom. The van der Waals surface area contributed by atoms with E-state index in [2.05, 4.69) is 156 Å². The monoisotopic (exact) mass is 629 g/mol. The Labute approximate surface area is 281 Å². The van der Waals surface area contributed by atoms with Crippen LogP contribution in [0.2, 0.25) is 0 Å². The molecule has 0 atom stereocenters. The lowest BCUT2D eigenvalue weighted by Gasteiger charge is -2.12. The van der Waals surface area contributed by atoms with Crippen LogP contribution in [-0.4, -0.2) is 14.5 Å². The van der Waals surface area contributed by atoms with Crippen LogP contribution in [0.3, 0.4) is 0 Å². The molecule has 0 N–H and O–H groups in total. The molecule has 0 amide bonds. The van der Waals surface area contributed by atoms with Crippen molar-refractivity contribution in [1.82, 2.24) is 14.5 Å². The fourth-order valence-corrected chi connectivity index (χ4v) is 8.48.